The normalized spacial score (nSPS) is 14.6. The smallest absolute Gasteiger partial charge is 0.254 e. The number of rotatable bonds is 4. The average molecular weight is 227 g/mol. The summed E-state index contributed by atoms with van der Waals surface area (Å²) < 4.78 is 1.60. The van der Waals surface area contributed by atoms with Crippen molar-refractivity contribution in [3.8, 4) is 0 Å². The highest BCUT2D eigenvalue weighted by Crippen LogP contribution is 2.06. The summed E-state index contributed by atoms with van der Waals surface area (Å²) in [4.78, 5) is 11.7. The zero-order chi connectivity index (χ0) is 12.3. The van der Waals surface area contributed by atoms with E-state index in [0.29, 0.717) is 5.56 Å². The molecule has 3 N–H and O–H groups in total. The van der Waals surface area contributed by atoms with Crippen LogP contribution in [0.5, 0.6) is 0 Å². The van der Waals surface area contributed by atoms with Crippen LogP contribution in [-0.4, -0.2) is 44.7 Å². The van der Waals surface area contributed by atoms with Crippen molar-refractivity contribution < 1.29 is 15.0 Å². The quantitative estimate of drug-likeness (QED) is 0.628. The Balaban J connectivity index is 2.64. The first-order valence-electron chi connectivity index (χ1n) is 4.97. The molecule has 90 valence electrons. The molecule has 0 aliphatic carbocycles. The number of carbonyl (C=O) groups excluding carboxylic acids is 1. The standard InChI is InChI=1S/C10H17N3O3/c1-7-8(4-12-13(7)3)9(15)11-5-10(2,16)6-14/h4,14,16H,5-6H2,1-3H3,(H,11,15). The summed E-state index contributed by atoms with van der Waals surface area (Å²) in [6.45, 7) is 2.82. The summed E-state index contributed by atoms with van der Waals surface area (Å²) in [7, 11) is 1.75. The van der Waals surface area contributed by atoms with Crippen LogP contribution in [0.3, 0.4) is 0 Å². The summed E-state index contributed by atoms with van der Waals surface area (Å²) in [6, 6.07) is 0. The van der Waals surface area contributed by atoms with Crippen LogP contribution >= 0.6 is 0 Å². The van der Waals surface area contributed by atoms with Crippen LogP contribution in [-0.2, 0) is 7.05 Å². The number of hydrogen-bond acceptors (Lipinski definition) is 4. The zero-order valence-corrected chi connectivity index (χ0v) is 9.69. The average Bonchev–Trinajstić information content (AvgIpc) is 2.57. The molecule has 0 saturated carbocycles. The third-order valence-electron chi connectivity index (χ3n) is 2.45. The summed E-state index contributed by atoms with van der Waals surface area (Å²) >= 11 is 0. The Labute approximate surface area is 93.9 Å². The van der Waals surface area contributed by atoms with Gasteiger partial charge in [-0.15, -0.1) is 0 Å². The number of aryl methyl sites for hydroxylation is 1. The van der Waals surface area contributed by atoms with E-state index in [2.05, 4.69) is 10.4 Å². The highest BCUT2D eigenvalue weighted by Gasteiger charge is 2.21. The first kappa shape index (κ1) is 12.7. The minimum Gasteiger partial charge on any atom is -0.393 e. The van der Waals surface area contributed by atoms with Crippen LogP contribution in [0.4, 0.5) is 0 Å². The van der Waals surface area contributed by atoms with Gasteiger partial charge in [-0.3, -0.25) is 9.48 Å². The molecule has 0 aromatic carbocycles. The van der Waals surface area contributed by atoms with Gasteiger partial charge in [-0.2, -0.15) is 5.10 Å². The molecule has 0 aliphatic heterocycles. The highest BCUT2D eigenvalue weighted by molar-refractivity contribution is 5.95. The van der Waals surface area contributed by atoms with Gasteiger partial charge in [-0.05, 0) is 13.8 Å². The van der Waals surface area contributed by atoms with Gasteiger partial charge in [0.2, 0.25) is 0 Å². The molecule has 1 aromatic heterocycles. The molecular formula is C10H17N3O3. The third-order valence-corrected chi connectivity index (χ3v) is 2.45. The Bertz CT molecular complexity index is 385. The molecule has 0 radical (unpaired) electrons. The van der Waals surface area contributed by atoms with Crippen molar-refractivity contribution >= 4 is 5.91 Å². The minimum absolute atomic E-state index is 0.00331. The van der Waals surface area contributed by atoms with Gasteiger partial charge in [0.15, 0.2) is 0 Å². The van der Waals surface area contributed by atoms with Gasteiger partial charge in [0, 0.05) is 19.3 Å². The first-order valence-corrected chi connectivity index (χ1v) is 4.97. The van der Waals surface area contributed by atoms with E-state index in [9.17, 15) is 9.90 Å². The minimum atomic E-state index is -1.30. The molecule has 1 unspecified atom stereocenters. The van der Waals surface area contributed by atoms with Gasteiger partial charge in [-0.25, -0.2) is 0 Å². The lowest BCUT2D eigenvalue weighted by molar-refractivity contribution is 0.00319. The fourth-order valence-electron chi connectivity index (χ4n) is 1.14. The molecular weight excluding hydrogens is 210 g/mol. The second-order valence-electron chi connectivity index (χ2n) is 4.10. The van der Waals surface area contributed by atoms with Crippen molar-refractivity contribution in [2.45, 2.75) is 19.4 Å². The van der Waals surface area contributed by atoms with E-state index in [4.69, 9.17) is 5.11 Å². The molecule has 0 fully saturated rings. The highest BCUT2D eigenvalue weighted by atomic mass is 16.3. The molecule has 1 amide bonds. The van der Waals surface area contributed by atoms with Crippen LogP contribution in [0.25, 0.3) is 0 Å². The van der Waals surface area contributed by atoms with Gasteiger partial charge in [0.25, 0.3) is 5.91 Å². The molecule has 1 atom stereocenters. The van der Waals surface area contributed by atoms with Crippen molar-refractivity contribution in [1.29, 1.82) is 0 Å². The van der Waals surface area contributed by atoms with Crippen LogP contribution < -0.4 is 5.32 Å². The van der Waals surface area contributed by atoms with Crippen molar-refractivity contribution in [3.05, 3.63) is 17.5 Å². The van der Waals surface area contributed by atoms with E-state index in [1.165, 1.54) is 13.1 Å². The van der Waals surface area contributed by atoms with E-state index in [1.807, 2.05) is 0 Å². The van der Waals surface area contributed by atoms with Crippen molar-refractivity contribution in [2.75, 3.05) is 13.2 Å². The monoisotopic (exact) mass is 227 g/mol. The maximum absolute atomic E-state index is 11.7. The van der Waals surface area contributed by atoms with Gasteiger partial charge >= 0.3 is 0 Å². The van der Waals surface area contributed by atoms with Gasteiger partial charge in [0.05, 0.1) is 18.4 Å². The number of nitrogens with zero attached hydrogens (tertiary/aromatic N) is 2. The van der Waals surface area contributed by atoms with Crippen molar-refractivity contribution in [3.63, 3.8) is 0 Å². The fraction of sp³-hybridized carbons (Fsp3) is 0.600. The van der Waals surface area contributed by atoms with E-state index in [1.54, 1.807) is 18.7 Å². The number of carbonyl (C=O) groups is 1. The number of aliphatic hydroxyl groups excluding tert-OH is 1. The van der Waals surface area contributed by atoms with Gasteiger partial charge in [-0.1, -0.05) is 0 Å². The van der Waals surface area contributed by atoms with Crippen molar-refractivity contribution in [2.24, 2.45) is 7.05 Å². The van der Waals surface area contributed by atoms with Gasteiger partial charge < -0.3 is 15.5 Å². The third kappa shape index (κ3) is 2.80. The maximum atomic E-state index is 11.7. The van der Waals surface area contributed by atoms with Crippen LogP contribution in [0.15, 0.2) is 6.20 Å². The predicted molar refractivity (Wildman–Crippen MR) is 58.0 cm³/mol. The molecule has 16 heavy (non-hydrogen) atoms. The lowest BCUT2D eigenvalue weighted by Gasteiger charge is -2.20. The lowest BCUT2D eigenvalue weighted by Crippen LogP contribution is -2.43. The largest absolute Gasteiger partial charge is 0.393 e. The van der Waals surface area contributed by atoms with Crippen LogP contribution in [0, 0.1) is 6.92 Å². The molecule has 0 aliphatic rings. The number of amides is 1. The second kappa shape index (κ2) is 4.63. The number of nitrogens with one attached hydrogen (secondary N) is 1. The first-order chi connectivity index (χ1) is 7.37. The van der Waals surface area contributed by atoms with E-state index < -0.39 is 12.2 Å². The van der Waals surface area contributed by atoms with E-state index >= 15 is 0 Å². The van der Waals surface area contributed by atoms with E-state index in [-0.39, 0.29) is 12.5 Å². The maximum Gasteiger partial charge on any atom is 0.254 e. The summed E-state index contributed by atoms with van der Waals surface area (Å²) in [5.41, 5.74) is -0.0800. The Morgan fingerprint density at radius 1 is 1.69 bits per heavy atom. The summed E-state index contributed by atoms with van der Waals surface area (Å²) in [5.74, 6) is -0.306. The van der Waals surface area contributed by atoms with Crippen molar-refractivity contribution in [1.82, 2.24) is 15.1 Å². The Morgan fingerprint density at radius 3 is 2.75 bits per heavy atom. The molecule has 0 bridgehead atoms. The molecule has 0 spiro atoms. The molecule has 6 nitrogen and oxygen atoms in total. The second-order valence-corrected chi connectivity index (χ2v) is 4.10. The SMILES string of the molecule is Cc1c(C(=O)NCC(C)(O)CO)cnn1C. The van der Waals surface area contributed by atoms with Gasteiger partial charge in [0.1, 0.15) is 5.60 Å². The summed E-state index contributed by atoms with van der Waals surface area (Å²) in [5, 5.41) is 24.8. The predicted octanol–water partition coefficient (Wildman–Crippen LogP) is -0.798. The molecule has 1 heterocycles. The lowest BCUT2D eigenvalue weighted by atomic mass is 10.1. The van der Waals surface area contributed by atoms with E-state index in [0.717, 1.165) is 5.69 Å². The summed E-state index contributed by atoms with van der Waals surface area (Å²) in [6.07, 6.45) is 1.47. The molecule has 1 aromatic rings. The molecule has 0 saturated heterocycles. The van der Waals surface area contributed by atoms with Crippen LogP contribution in [0.1, 0.15) is 23.0 Å². The fourth-order valence-corrected chi connectivity index (χ4v) is 1.14. The number of aliphatic hydroxyl groups is 2. The Kier molecular flexibility index (Phi) is 3.66. The zero-order valence-electron chi connectivity index (χ0n) is 9.69. The molecule has 1 rings (SSSR count). The topological polar surface area (TPSA) is 87.4 Å². The number of hydrogen-bond donors (Lipinski definition) is 3. The Hall–Kier alpha value is -1.40. The number of aromatic nitrogens is 2. The Morgan fingerprint density at radius 2 is 2.31 bits per heavy atom. The molecule has 6 heteroatoms. The van der Waals surface area contributed by atoms with Crippen LogP contribution in [0.2, 0.25) is 0 Å².